The monoisotopic (exact) mass is 414 g/mol. The van der Waals surface area contributed by atoms with Gasteiger partial charge < -0.3 is 18.9 Å². The highest BCUT2D eigenvalue weighted by atomic mass is 19.1. The Bertz CT molecular complexity index is 1000. The number of hydrogen-bond acceptors (Lipinski definition) is 6. The minimum atomic E-state index is -0.513. The highest BCUT2D eigenvalue weighted by Gasteiger charge is 2.20. The Morgan fingerprint density at radius 1 is 1.30 bits per heavy atom. The van der Waals surface area contributed by atoms with Gasteiger partial charge in [0.2, 0.25) is 5.88 Å². The standard InChI is InChI=1S/C22H23FN2O5/c23-6-9-27-8-1-2-16-3-4-19-17(12-16)5-7-25-20(19)13-21(24-22(25)26)30-15-18-14-28-10-11-29-18/h3-4,12-13,18H,5-11,14-15H2/t18-/m0/s1. The summed E-state index contributed by atoms with van der Waals surface area (Å²) in [4.78, 5) is 16.5. The van der Waals surface area contributed by atoms with Gasteiger partial charge in [0.1, 0.15) is 26.0 Å². The smallest absolute Gasteiger partial charge is 0.351 e. The maximum atomic E-state index is 12.5. The molecule has 0 radical (unpaired) electrons. The summed E-state index contributed by atoms with van der Waals surface area (Å²) in [5.74, 6) is 6.19. The Kier molecular flexibility index (Phi) is 6.74. The first-order valence-corrected chi connectivity index (χ1v) is 9.94. The number of rotatable bonds is 6. The zero-order valence-electron chi connectivity index (χ0n) is 16.6. The second-order valence-corrected chi connectivity index (χ2v) is 6.96. The van der Waals surface area contributed by atoms with Crippen molar-refractivity contribution in [3.05, 3.63) is 45.9 Å². The molecule has 1 saturated heterocycles. The molecule has 0 spiro atoms. The SMILES string of the molecule is O=c1nc(OC[C@@H]2COCCO2)cc2n1CCc1cc(C#CCOCCF)ccc1-2. The van der Waals surface area contributed by atoms with Crippen LogP contribution >= 0.6 is 0 Å². The molecule has 0 aliphatic carbocycles. The number of aromatic nitrogens is 2. The fourth-order valence-electron chi connectivity index (χ4n) is 3.49. The molecular weight excluding hydrogens is 391 g/mol. The molecule has 3 heterocycles. The first-order valence-electron chi connectivity index (χ1n) is 9.94. The van der Waals surface area contributed by atoms with E-state index in [1.807, 2.05) is 18.2 Å². The third-order valence-electron chi connectivity index (χ3n) is 4.90. The van der Waals surface area contributed by atoms with Crippen LogP contribution in [-0.2, 0) is 27.2 Å². The van der Waals surface area contributed by atoms with Gasteiger partial charge in [-0.1, -0.05) is 17.9 Å². The molecule has 0 N–H and O–H groups in total. The van der Waals surface area contributed by atoms with Crippen molar-refractivity contribution in [3.63, 3.8) is 0 Å². The number of fused-ring (bicyclic) bond motifs is 3. The molecule has 1 aromatic carbocycles. The van der Waals surface area contributed by atoms with Gasteiger partial charge in [-0.05, 0) is 24.1 Å². The third kappa shape index (κ3) is 4.87. The number of hydrogen-bond donors (Lipinski definition) is 0. The van der Waals surface area contributed by atoms with Crippen LogP contribution in [0.5, 0.6) is 5.88 Å². The quantitative estimate of drug-likeness (QED) is 0.528. The second-order valence-electron chi connectivity index (χ2n) is 6.96. The van der Waals surface area contributed by atoms with Gasteiger partial charge in [0.15, 0.2) is 0 Å². The van der Waals surface area contributed by atoms with Crippen LogP contribution in [0.25, 0.3) is 11.3 Å². The van der Waals surface area contributed by atoms with Crippen molar-refractivity contribution in [1.29, 1.82) is 0 Å². The molecule has 7 nitrogen and oxygen atoms in total. The number of benzene rings is 1. The van der Waals surface area contributed by atoms with Crippen LogP contribution in [0.15, 0.2) is 29.1 Å². The minimum absolute atomic E-state index is 0.0583. The Labute approximate surface area is 173 Å². The second kappa shape index (κ2) is 9.85. The largest absolute Gasteiger partial charge is 0.475 e. The topological polar surface area (TPSA) is 71.8 Å². The van der Waals surface area contributed by atoms with Crippen molar-refractivity contribution in [1.82, 2.24) is 9.55 Å². The summed E-state index contributed by atoms with van der Waals surface area (Å²) in [7, 11) is 0. The molecule has 1 fully saturated rings. The molecule has 0 amide bonds. The van der Waals surface area contributed by atoms with Crippen molar-refractivity contribution >= 4 is 0 Å². The van der Waals surface area contributed by atoms with Gasteiger partial charge in [-0.2, -0.15) is 4.98 Å². The highest BCUT2D eigenvalue weighted by Crippen LogP contribution is 2.30. The lowest BCUT2D eigenvalue weighted by Crippen LogP contribution is -2.34. The number of alkyl halides is 1. The van der Waals surface area contributed by atoms with Crippen LogP contribution in [0, 0.1) is 11.8 Å². The van der Waals surface area contributed by atoms with E-state index in [1.54, 1.807) is 10.6 Å². The molecule has 2 aliphatic rings. The van der Waals surface area contributed by atoms with Gasteiger partial charge in [0.05, 0.1) is 32.1 Å². The van der Waals surface area contributed by atoms with Crippen LogP contribution in [0.1, 0.15) is 11.1 Å². The maximum absolute atomic E-state index is 12.5. The van der Waals surface area contributed by atoms with Crippen molar-refractivity contribution < 1.29 is 23.3 Å². The molecule has 0 saturated carbocycles. The molecule has 2 aromatic rings. The van der Waals surface area contributed by atoms with Gasteiger partial charge in [-0.25, -0.2) is 9.18 Å². The summed E-state index contributed by atoms with van der Waals surface area (Å²) < 4.78 is 35.4. The molecule has 4 rings (SSSR count). The third-order valence-corrected chi connectivity index (χ3v) is 4.90. The lowest BCUT2D eigenvalue weighted by molar-refractivity contribution is -0.102. The molecule has 30 heavy (non-hydrogen) atoms. The lowest BCUT2D eigenvalue weighted by Gasteiger charge is -2.24. The molecule has 158 valence electrons. The van der Waals surface area contributed by atoms with E-state index in [9.17, 15) is 9.18 Å². The van der Waals surface area contributed by atoms with E-state index in [-0.39, 0.29) is 37.5 Å². The highest BCUT2D eigenvalue weighted by molar-refractivity contribution is 5.67. The van der Waals surface area contributed by atoms with E-state index < -0.39 is 6.67 Å². The predicted molar refractivity (Wildman–Crippen MR) is 107 cm³/mol. The van der Waals surface area contributed by atoms with E-state index in [2.05, 4.69) is 16.8 Å². The maximum Gasteiger partial charge on any atom is 0.351 e. The molecule has 0 unspecified atom stereocenters. The van der Waals surface area contributed by atoms with Gasteiger partial charge >= 0.3 is 5.69 Å². The summed E-state index contributed by atoms with van der Waals surface area (Å²) in [6, 6.07) is 7.65. The van der Waals surface area contributed by atoms with Gasteiger partial charge in [-0.3, -0.25) is 4.57 Å². The normalized spacial score (nSPS) is 17.4. The summed E-state index contributed by atoms with van der Waals surface area (Å²) in [6.45, 7) is 2.16. The van der Waals surface area contributed by atoms with Crippen LogP contribution in [-0.4, -0.2) is 62.0 Å². The Morgan fingerprint density at radius 3 is 3.07 bits per heavy atom. The van der Waals surface area contributed by atoms with Crippen LogP contribution in [0.4, 0.5) is 4.39 Å². The first kappa shape index (κ1) is 20.5. The Balaban J connectivity index is 1.52. The van der Waals surface area contributed by atoms with E-state index in [0.717, 1.165) is 22.4 Å². The molecule has 0 bridgehead atoms. The van der Waals surface area contributed by atoms with E-state index in [0.29, 0.717) is 32.8 Å². The summed E-state index contributed by atoms with van der Waals surface area (Å²) in [5.41, 5.74) is 3.36. The van der Waals surface area contributed by atoms with Crippen molar-refractivity contribution in [2.24, 2.45) is 0 Å². The Hall–Kier alpha value is -2.73. The fraction of sp³-hybridized carbons (Fsp3) is 0.455. The zero-order chi connectivity index (χ0) is 20.8. The van der Waals surface area contributed by atoms with Gasteiger partial charge in [-0.15, -0.1) is 0 Å². The lowest BCUT2D eigenvalue weighted by atomic mass is 9.95. The molecule has 1 atom stereocenters. The van der Waals surface area contributed by atoms with Crippen molar-refractivity contribution in [2.75, 3.05) is 46.3 Å². The number of nitrogens with zero attached hydrogens (tertiary/aromatic N) is 2. The number of halogens is 1. The molecular formula is C22H23FN2O5. The summed E-state index contributed by atoms with van der Waals surface area (Å²) in [5, 5.41) is 0. The summed E-state index contributed by atoms with van der Waals surface area (Å²) >= 11 is 0. The van der Waals surface area contributed by atoms with Crippen molar-refractivity contribution in [3.8, 4) is 29.0 Å². The molecule has 1 aromatic heterocycles. The first-order chi connectivity index (χ1) is 14.7. The van der Waals surface area contributed by atoms with Crippen LogP contribution in [0.3, 0.4) is 0 Å². The average molecular weight is 414 g/mol. The van der Waals surface area contributed by atoms with Crippen LogP contribution < -0.4 is 10.4 Å². The van der Waals surface area contributed by atoms with Gasteiger partial charge in [0, 0.05) is 23.7 Å². The number of aryl methyl sites for hydroxylation is 1. The average Bonchev–Trinajstić information content (AvgIpc) is 2.78. The van der Waals surface area contributed by atoms with E-state index >= 15 is 0 Å². The Morgan fingerprint density at radius 2 is 2.23 bits per heavy atom. The minimum Gasteiger partial charge on any atom is -0.475 e. The number of ether oxygens (including phenoxy) is 4. The van der Waals surface area contributed by atoms with Crippen molar-refractivity contribution in [2.45, 2.75) is 19.1 Å². The summed E-state index contributed by atoms with van der Waals surface area (Å²) in [6.07, 6.45) is 0.548. The van der Waals surface area contributed by atoms with E-state index in [4.69, 9.17) is 18.9 Å². The fourth-order valence-corrected chi connectivity index (χ4v) is 3.49. The predicted octanol–water partition coefficient (Wildman–Crippen LogP) is 1.60. The molecule has 2 aliphatic heterocycles. The van der Waals surface area contributed by atoms with Crippen LogP contribution in [0.2, 0.25) is 0 Å². The van der Waals surface area contributed by atoms with E-state index in [1.165, 1.54) is 0 Å². The molecule has 8 heteroatoms. The van der Waals surface area contributed by atoms with Gasteiger partial charge in [0.25, 0.3) is 0 Å². The zero-order valence-corrected chi connectivity index (χ0v) is 16.6.